The second kappa shape index (κ2) is 5.99. The van der Waals surface area contributed by atoms with Crippen molar-refractivity contribution in [3.63, 3.8) is 0 Å². The average Bonchev–Trinajstić information content (AvgIpc) is 2.33. The Balaban J connectivity index is 1.66. The number of hydrogen-bond acceptors (Lipinski definition) is 3. The van der Waals surface area contributed by atoms with E-state index in [9.17, 15) is 5.11 Å². The first-order chi connectivity index (χ1) is 7.78. The highest BCUT2D eigenvalue weighted by Gasteiger charge is 2.23. The molecule has 0 atom stereocenters. The van der Waals surface area contributed by atoms with Crippen LogP contribution in [-0.2, 0) is 0 Å². The predicted octanol–water partition coefficient (Wildman–Crippen LogP) is 1.17. The molecule has 0 bridgehead atoms. The van der Waals surface area contributed by atoms with Crippen molar-refractivity contribution in [2.45, 2.75) is 38.7 Å². The van der Waals surface area contributed by atoms with Gasteiger partial charge in [-0.25, -0.2) is 0 Å². The summed E-state index contributed by atoms with van der Waals surface area (Å²) in [6, 6.07) is 0. The summed E-state index contributed by atoms with van der Waals surface area (Å²) in [4.78, 5) is 5.15. The van der Waals surface area contributed by atoms with Gasteiger partial charge >= 0.3 is 0 Å². The molecule has 1 saturated carbocycles. The number of likely N-dealkylation sites (N-methyl/N-ethyl adjacent to an activating group) is 1. The van der Waals surface area contributed by atoms with E-state index in [2.05, 4.69) is 16.7 Å². The van der Waals surface area contributed by atoms with E-state index in [0.29, 0.717) is 0 Å². The van der Waals surface area contributed by atoms with Crippen LogP contribution in [0.2, 0.25) is 0 Å². The van der Waals surface area contributed by atoms with E-state index >= 15 is 0 Å². The molecule has 2 fully saturated rings. The summed E-state index contributed by atoms with van der Waals surface area (Å²) in [5.74, 6) is 0.844. The van der Waals surface area contributed by atoms with Crippen molar-refractivity contribution in [1.82, 2.24) is 9.80 Å². The van der Waals surface area contributed by atoms with Crippen LogP contribution < -0.4 is 0 Å². The Hall–Kier alpha value is -0.120. The number of hydrogen-bond donors (Lipinski definition) is 1. The fourth-order valence-electron chi connectivity index (χ4n) is 2.98. The molecule has 16 heavy (non-hydrogen) atoms. The largest absolute Gasteiger partial charge is 0.393 e. The van der Waals surface area contributed by atoms with Crippen molar-refractivity contribution in [3.8, 4) is 0 Å². The van der Waals surface area contributed by atoms with Crippen molar-refractivity contribution >= 4 is 0 Å². The summed E-state index contributed by atoms with van der Waals surface area (Å²) < 4.78 is 0. The molecule has 1 aliphatic carbocycles. The first-order valence-corrected chi connectivity index (χ1v) is 6.90. The summed E-state index contributed by atoms with van der Waals surface area (Å²) in [7, 11) is 0. The Bertz CT molecular complexity index is 194. The van der Waals surface area contributed by atoms with Crippen LogP contribution in [0.3, 0.4) is 0 Å². The van der Waals surface area contributed by atoms with E-state index in [4.69, 9.17) is 0 Å². The van der Waals surface area contributed by atoms with Crippen molar-refractivity contribution in [2.75, 3.05) is 39.3 Å². The zero-order chi connectivity index (χ0) is 11.4. The molecule has 0 amide bonds. The molecule has 1 saturated heterocycles. The molecular formula is C13H26N2O. The molecule has 0 aromatic heterocycles. The zero-order valence-electron chi connectivity index (χ0n) is 10.6. The smallest absolute Gasteiger partial charge is 0.0540 e. The second-order valence-electron chi connectivity index (χ2n) is 5.41. The van der Waals surface area contributed by atoms with E-state index in [1.807, 2.05) is 0 Å². The molecule has 3 heteroatoms. The normalized spacial score (nSPS) is 34.1. The van der Waals surface area contributed by atoms with Gasteiger partial charge in [0.2, 0.25) is 0 Å². The maximum absolute atomic E-state index is 9.48. The highest BCUT2D eigenvalue weighted by molar-refractivity contribution is 4.77. The van der Waals surface area contributed by atoms with Gasteiger partial charge in [0.15, 0.2) is 0 Å². The average molecular weight is 226 g/mol. The Labute approximate surface area is 99.4 Å². The lowest BCUT2D eigenvalue weighted by Crippen LogP contribution is -2.47. The molecule has 2 aliphatic rings. The Kier molecular flexibility index (Phi) is 4.62. The summed E-state index contributed by atoms with van der Waals surface area (Å²) in [6.07, 6.45) is 4.51. The lowest BCUT2D eigenvalue weighted by Gasteiger charge is -2.37. The van der Waals surface area contributed by atoms with Crippen LogP contribution in [0, 0.1) is 5.92 Å². The topological polar surface area (TPSA) is 26.7 Å². The number of aliphatic hydroxyl groups is 1. The van der Waals surface area contributed by atoms with Crippen molar-refractivity contribution in [2.24, 2.45) is 5.92 Å². The molecule has 0 aromatic rings. The van der Waals surface area contributed by atoms with Crippen LogP contribution >= 0.6 is 0 Å². The van der Waals surface area contributed by atoms with E-state index in [1.54, 1.807) is 0 Å². The molecule has 0 unspecified atom stereocenters. The maximum Gasteiger partial charge on any atom is 0.0540 e. The Morgan fingerprint density at radius 3 is 2.06 bits per heavy atom. The molecule has 1 heterocycles. The van der Waals surface area contributed by atoms with Gasteiger partial charge in [-0.15, -0.1) is 0 Å². The Morgan fingerprint density at radius 1 is 0.938 bits per heavy atom. The molecule has 2 rings (SSSR count). The highest BCUT2D eigenvalue weighted by atomic mass is 16.3. The first-order valence-electron chi connectivity index (χ1n) is 6.90. The molecular weight excluding hydrogens is 200 g/mol. The number of aliphatic hydroxyl groups excluding tert-OH is 1. The zero-order valence-corrected chi connectivity index (χ0v) is 10.6. The number of piperazine rings is 1. The molecule has 1 aliphatic heterocycles. The lowest BCUT2D eigenvalue weighted by atomic mass is 9.87. The third kappa shape index (κ3) is 3.44. The lowest BCUT2D eigenvalue weighted by molar-refractivity contribution is 0.0766. The van der Waals surface area contributed by atoms with Gasteiger partial charge in [-0.3, -0.25) is 0 Å². The third-order valence-corrected chi connectivity index (χ3v) is 4.24. The van der Waals surface area contributed by atoms with Crippen LogP contribution in [-0.4, -0.2) is 60.3 Å². The van der Waals surface area contributed by atoms with Gasteiger partial charge in [0, 0.05) is 32.7 Å². The second-order valence-corrected chi connectivity index (χ2v) is 5.41. The minimum atomic E-state index is -0.00631. The quantitative estimate of drug-likeness (QED) is 0.783. The van der Waals surface area contributed by atoms with E-state index < -0.39 is 0 Å². The standard InChI is InChI=1S/C13H26N2O/c1-2-14-7-9-15(10-8-14)11-12-3-5-13(16)6-4-12/h12-13,16H,2-11H2,1H3. The van der Waals surface area contributed by atoms with Gasteiger partial charge in [0.05, 0.1) is 6.10 Å². The highest BCUT2D eigenvalue weighted by Crippen LogP contribution is 2.25. The number of rotatable bonds is 3. The molecule has 0 spiro atoms. The Morgan fingerprint density at radius 2 is 1.50 bits per heavy atom. The summed E-state index contributed by atoms with van der Waals surface area (Å²) in [6.45, 7) is 9.68. The summed E-state index contributed by atoms with van der Waals surface area (Å²) >= 11 is 0. The van der Waals surface area contributed by atoms with Crippen molar-refractivity contribution in [1.29, 1.82) is 0 Å². The predicted molar refractivity (Wildman–Crippen MR) is 66.5 cm³/mol. The van der Waals surface area contributed by atoms with Crippen LogP contribution in [0.15, 0.2) is 0 Å². The minimum Gasteiger partial charge on any atom is -0.393 e. The molecule has 3 nitrogen and oxygen atoms in total. The molecule has 1 N–H and O–H groups in total. The van der Waals surface area contributed by atoms with Gasteiger partial charge in [-0.2, -0.15) is 0 Å². The SMILES string of the molecule is CCN1CCN(CC2CCC(O)CC2)CC1. The summed E-state index contributed by atoms with van der Waals surface area (Å²) in [5, 5.41) is 9.48. The minimum absolute atomic E-state index is 0.00631. The van der Waals surface area contributed by atoms with Gasteiger partial charge in [0.25, 0.3) is 0 Å². The van der Waals surface area contributed by atoms with E-state index in [1.165, 1.54) is 52.1 Å². The van der Waals surface area contributed by atoms with Crippen molar-refractivity contribution < 1.29 is 5.11 Å². The summed E-state index contributed by atoms with van der Waals surface area (Å²) in [5.41, 5.74) is 0. The van der Waals surface area contributed by atoms with Crippen LogP contribution in [0.4, 0.5) is 0 Å². The van der Waals surface area contributed by atoms with Gasteiger partial charge in [-0.1, -0.05) is 6.92 Å². The fourth-order valence-corrected chi connectivity index (χ4v) is 2.98. The molecule has 0 aromatic carbocycles. The molecule has 94 valence electrons. The van der Waals surface area contributed by atoms with Crippen LogP contribution in [0.5, 0.6) is 0 Å². The third-order valence-electron chi connectivity index (χ3n) is 4.24. The molecule has 0 radical (unpaired) electrons. The van der Waals surface area contributed by atoms with Gasteiger partial charge < -0.3 is 14.9 Å². The fraction of sp³-hybridized carbons (Fsp3) is 1.00. The number of nitrogens with zero attached hydrogens (tertiary/aromatic N) is 2. The monoisotopic (exact) mass is 226 g/mol. The van der Waals surface area contributed by atoms with E-state index in [0.717, 1.165) is 18.8 Å². The first kappa shape index (κ1) is 12.3. The van der Waals surface area contributed by atoms with Crippen molar-refractivity contribution in [3.05, 3.63) is 0 Å². The van der Waals surface area contributed by atoms with Crippen LogP contribution in [0.1, 0.15) is 32.6 Å². The van der Waals surface area contributed by atoms with E-state index in [-0.39, 0.29) is 6.10 Å². The van der Waals surface area contributed by atoms with Gasteiger partial charge in [-0.05, 0) is 38.1 Å². The maximum atomic E-state index is 9.48. The van der Waals surface area contributed by atoms with Crippen LogP contribution in [0.25, 0.3) is 0 Å². The van der Waals surface area contributed by atoms with Gasteiger partial charge in [0.1, 0.15) is 0 Å².